The molecule has 1 aliphatic heterocycles. The number of benzene rings is 4. The van der Waals surface area contributed by atoms with Gasteiger partial charge in [0.05, 0.1) is 5.56 Å². The molecule has 0 aliphatic carbocycles. The van der Waals surface area contributed by atoms with Crippen LogP contribution in [0.3, 0.4) is 0 Å². The third-order valence-corrected chi connectivity index (χ3v) is 7.01. The maximum atomic E-state index is 13.5. The highest BCUT2D eigenvalue weighted by molar-refractivity contribution is 5.95. The molecule has 1 atom stereocenters. The first-order valence-electron chi connectivity index (χ1n) is 12.9. The lowest BCUT2D eigenvalue weighted by Gasteiger charge is -2.34. The van der Waals surface area contributed by atoms with E-state index in [1.54, 1.807) is 0 Å². The van der Waals surface area contributed by atoms with Crippen LogP contribution in [0.5, 0.6) is 5.75 Å². The lowest BCUT2D eigenvalue weighted by Crippen LogP contribution is -2.46. The van der Waals surface area contributed by atoms with Crippen molar-refractivity contribution < 1.29 is 18.7 Å². The van der Waals surface area contributed by atoms with E-state index in [4.69, 9.17) is 13.9 Å². The molecule has 6 heteroatoms. The van der Waals surface area contributed by atoms with Crippen molar-refractivity contribution in [3.63, 3.8) is 0 Å². The number of hydrogen-bond acceptors (Lipinski definition) is 6. The van der Waals surface area contributed by atoms with Crippen LogP contribution in [0.1, 0.15) is 16.7 Å². The summed E-state index contributed by atoms with van der Waals surface area (Å²) in [5, 5.41) is 0.816. The van der Waals surface area contributed by atoms with Gasteiger partial charge < -0.3 is 13.9 Å². The first kappa shape index (κ1) is 24.6. The molecule has 6 nitrogen and oxygen atoms in total. The molecule has 1 aromatic heterocycles. The SMILES string of the molecule is O=C(OCc1ccccc1)[C@H](Cc1ccccc1)N1COc2ccc3c(-c4ccccc4)cc(=O)oc3c2C1. The third-order valence-electron chi connectivity index (χ3n) is 7.01. The van der Waals surface area contributed by atoms with Crippen LogP contribution in [0.15, 0.2) is 118 Å². The van der Waals surface area contributed by atoms with Crippen molar-refractivity contribution in [2.45, 2.75) is 25.6 Å². The second kappa shape index (κ2) is 11.0. The van der Waals surface area contributed by atoms with Gasteiger partial charge in [0, 0.05) is 18.0 Å². The van der Waals surface area contributed by atoms with Gasteiger partial charge in [0.1, 0.15) is 30.7 Å². The summed E-state index contributed by atoms with van der Waals surface area (Å²) in [5.41, 5.74) is 4.43. The number of nitrogens with zero attached hydrogens (tertiary/aromatic N) is 1. The van der Waals surface area contributed by atoms with Crippen LogP contribution in [0, 0.1) is 0 Å². The van der Waals surface area contributed by atoms with E-state index in [1.807, 2.05) is 108 Å². The predicted molar refractivity (Wildman–Crippen MR) is 149 cm³/mol. The Bertz CT molecular complexity index is 1650. The minimum atomic E-state index is -0.594. The van der Waals surface area contributed by atoms with Crippen molar-refractivity contribution in [2.24, 2.45) is 0 Å². The van der Waals surface area contributed by atoms with Crippen molar-refractivity contribution >= 4 is 16.9 Å². The van der Waals surface area contributed by atoms with E-state index >= 15 is 0 Å². The van der Waals surface area contributed by atoms with Gasteiger partial charge in [-0.25, -0.2) is 4.79 Å². The van der Waals surface area contributed by atoms with Gasteiger partial charge in [0.25, 0.3) is 0 Å². The van der Waals surface area contributed by atoms with Crippen molar-refractivity contribution in [3.05, 3.63) is 136 Å². The van der Waals surface area contributed by atoms with Crippen molar-refractivity contribution in [1.29, 1.82) is 0 Å². The summed E-state index contributed by atoms with van der Waals surface area (Å²) in [5.74, 6) is 0.310. The number of ether oxygens (including phenoxy) is 2. The monoisotopic (exact) mass is 517 g/mol. The van der Waals surface area contributed by atoms with E-state index in [-0.39, 0.29) is 19.3 Å². The molecule has 0 saturated heterocycles. The number of esters is 1. The van der Waals surface area contributed by atoms with Crippen LogP contribution in [0.25, 0.3) is 22.1 Å². The van der Waals surface area contributed by atoms with E-state index in [2.05, 4.69) is 0 Å². The molecule has 0 unspecified atom stereocenters. The average molecular weight is 518 g/mol. The predicted octanol–water partition coefficient (Wildman–Crippen LogP) is 5.97. The molecule has 0 radical (unpaired) electrons. The highest BCUT2D eigenvalue weighted by atomic mass is 16.5. The van der Waals surface area contributed by atoms with Gasteiger partial charge in [-0.15, -0.1) is 0 Å². The molecule has 5 aromatic rings. The Morgan fingerprint density at radius 1 is 0.846 bits per heavy atom. The average Bonchev–Trinajstić information content (AvgIpc) is 2.99. The minimum Gasteiger partial charge on any atom is -0.478 e. The fourth-order valence-electron chi connectivity index (χ4n) is 5.03. The Morgan fingerprint density at radius 3 is 2.23 bits per heavy atom. The topological polar surface area (TPSA) is 69.0 Å². The summed E-state index contributed by atoms with van der Waals surface area (Å²) in [6, 6.07) is 34.0. The molecular formula is C33H27NO5. The maximum absolute atomic E-state index is 13.5. The normalized spacial score (nSPS) is 13.8. The van der Waals surface area contributed by atoms with E-state index in [9.17, 15) is 9.59 Å². The molecule has 4 aromatic carbocycles. The van der Waals surface area contributed by atoms with Gasteiger partial charge in [-0.2, -0.15) is 0 Å². The van der Waals surface area contributed by atoms with E-state index in [0.717, 1.165) is 33.2 Å². The van der Waals surface area contributed by atoms with Gasteiger partial charge in [-0.1, -0.05) is 91.0 Å². The van der Waals surface area contributed by atoms with Crippen molar-refractivity contribution in [2.75, 3.05) is 6.73 Å². The van der Waals surface area contributed by atoms with Gasteiger partial charge in [0.15, 0.2) is 0 Å². The molecule has 39 heavy (non-hydrogen) atoms. The van der Waals surface area contributed by atoms with Crippen LogP contribution in [-0.2, 0) is 29.1 Å². The number of rotatable bonds is 7. The Balaban J connectivity index is 1.35. The third kappa shape index (κ3) is 5.33. The van der Waals surface area contributed by atoms with Crippen molar-refractivity contribution in [1.82, 2.24) is 4.90 Å². The highest BCUT2D eigenvalue weighted by Gasteiger charge is 2.33. The summed E-state index contributed by atoms with van der Waals surface area (Å²) in [6.07, 6.45) is 0.455. The first-order valence-corrected chi connectivity index (χ1v) is 12.9. The number of carbonyl (C=O) groups is 1. The lowest BCUT2D eigenvalue weighted by molar-refractivity contribution is -0.153. The number of hydrogen-bond donors (Lipinski definition) is 0. The molecular weight excluding hydrogens is 490 g/mol. The largest absolute Gasteiger partial charge is 0.478 e. The molecule has 0 N–H and O–H groups in total. The summed E-state index contributed by atoms with van der Waals surface area (Å²) >= 11 is 0. The van der Waals surface area contributed by atoms with Crippen LogP contribution < -0.4 is 10.4 Å². The second-order valence-corrected chi connectivity index (χ2v) is 9.58. The Hall–Kier alpha value is -4.68. The molecule has 0 amide bonds. The molecule has 194 valence electrons. The van der Waals surface area contributed by atoms with Gasteiger partial charge in [-0.05, 0) is 40.8 Å². The molecule has 6 rings (SSSR count). The Labute approximate surface area is 226 Å². The van der Waals surface area contributed by atoms with Crippen LogP contribution in [-0.4, -0.2) is 23.6 Å². The minimum absolute atomic E-state index is 0.189. The fraction of sp³-hybridized carbons (Fsp3) is 0.152. The van der Waals surface area contributed by atoms with E-state index in [0.29, 0.717) is 24.3 Å². The van der Waals surface area contributed by atoms with Crippen LogP contribution >= 0.6 is 0 Å². The lowest BCUT2D eigenvalue weighted by atomic mass is 9.98. The standard InChI is InChI=1S/C33H27NO5/c35-31-19-27(25-14-8-3-9-15-25)26-16-17-30-28(32(26)39-31)20-34(22-38-30)29(18-23-10-4-1-5-11-23)33(36)37-21-24-12-6-2-7-13-24/h1-17,19,29H,18,20-22H2/t29-/m0/s1. The summed E-state index contributed by atoms with van der Waals surface area (Å²) in [6.45, 7) is 0.763. The zero-order chi connectivity index (χ0) is 26.6. The molecule has 0 fully saturated rings. The summed E-state index contributed by atoms with van der Waals surface area (Å²) in [7, 11) is 0. The fourth-order valence-corrected chi connectivity index (χ4v) is 5.03. The van der Waals surface area contributed by atoms with Crippen LogP contribution in [0.2, 0.25) is 0 Å². The Morgan fingerprint density at radius 2 is 1.51 bits per heavy atom. The zero-order valence-corrected chi connectivity index (χ0v) is 21.3. The zero-order valence-electron chi connectivity index (χ0n) is 21.3. The van der Waals surface area contributed by atoms with Gasteiger partial charge in [-0.3, -0.25) is 9.69 Å². The summed E-state index contributed by atoms with van der Waals surface area (Å²) < 4.78 is 17.7. The quantitative estimate of drug-likeness (QED) is 0.196. The number of fused-ring (bicyclic) bond motifs is 3. The molecule has 0 spiro atoms. The molecule has 0 bridgehead atoms. The Kier molecular flexibility index (Phi) is 6.93. The summed E-state index contributed by atoms with van der Waals surface area (Å²) in [4.78, 5) is 28.1. The molecule has 2 heterocycles. The van der Waals surface area contributed by atoms with Crippen LogP contribution in [0.4, 0.5) is 0 Å². The highest BCUT2D eigenvalue weighted by Crippen LogP contribution is 2.36. The number of carbonyl (C=O) groups excluding carboxylic acids is 1. The van der Waals surface area contributed by atoms with Crippen molar-refractivity contribution in [3.8, 4) is 16.9 Å². The smallest absolute Gasteiger partial charge is 0.336 e. The first-order chi connectivity index (χ1) is 19.2. The van der Waals surface area contributed by atoms with Gasteiger partial charge >= 0.3 is 11.6 Å². The molecule has 1 aliphatic rings. The van der Waals surface area contributed by atoms with E-state index in [1.165, 1.54) is 6.07 Å². The maximum Gasteiger partial charge on any atom is 0.336 e. The second-order valence-electron chi connectivity index (χ2n) is 9.58. The molecule has 0 saturated carbocycles. The van der Waals surface area contributed by atoms with E-state index < -0.39 is 11.7 Å². The van der Waals surface area contributed by atoms with Gasteiger partial charge in [0.2, 0.25) is 0 Å².